The third-order valence-corrected chi connectivity index (χ3v) is 5.17. The molecule has 1 amide bonds. The van der Waals surface area contributed by atoms with Crippen molar-refractivity contribution in [2.45, 2.75) is 32.2 Å². The Kier molecular flexibility index (Phi) is 9.30. The number of ether oxygens (including phenoxy) is 2. The molecule has 0 aliphatic rings. The number of carbonyl (C=O) groups excluding carboxylic acids is 2. The van der Waals surface area contributed by atoms with Crippen LogP contribution in [0.4, 0.5) is 5.82 Å². The summed E-state index contributed by atoms with van der Waals surface area (Å²) in [5.74, 6) is -0.0184. The first kappa shape index (κ1) is 25.1. The van der Waals surface area contributed by atoms with E-state index in [0.29, 0.717) is 29.8 Å². The van der Waals surface area contributed by atoms with Crippen molar-refractivity contribution in [2.24, 2.45) is 0 Å². The van der Waals surface area contributed by atoms with Gasteiger partial charge < -0.3 is 25.1 Å². The molecule has 34 heavy (non-hydrogen) atoms. The first-order valence-corrected chi connectivity index (χ1v) is 11.2. The summed E-state index contributed by atoms with van der Waals surface area (Å²) >= 11 is 0. The number of anilines is 1. The lowest BCUT2D eigenvalue weighted by molar-refractivity contribution is -0.116. The number of aromatic amines is 1. The van der Waals surface area contributed by atoms with E-state index in [-0.39, 0.29) is 30.9 Å². The highest BCUT2D eigenvalue weighted by atomic mass is 16.5. The molecule has 0 radical (unpaired) electrons. The van der Waals surface area contributed by atoms with Gasteiger partial charge in [-0.25, -0.2) is 4.79 Å². The Morgan fingerprint density at radius 2 is 1.94 bits per heavy atom. The van der Waals surface area contributed by atoms with E-state index in [0.717, 1.165) is 37.7 Å². The molecule has 2 heterocycles. The first-order chi connectivity index (χ1) is 16.5. The molecule has 0 atom stereocenters. The van der Waals surface area contributed by atoms with Crippen LogP contribution in [-0.2, 0) is 16.1 Å². The third kappa shape index (κ3) is 6.72. The van der Waals surface area contributed by atoms with Crippen molar-refractivity contribution in [3.05, 3.63) is 45.9 Å². The second-order valence-electron chi connectivity index (χ2n) is 7.73. The number of rotatable bonds is 14. The van der Waals surface area contributed by atoms with Crippen LogP contribution in [0.25, 0.3) is 11.2 Å². The van der Waals surface area contributed by atoms with E-state index in [1.54, 1.807) is 31.4 Å². The van der Waals surface area contributed by atoms with Crippen LogP contribution in [0.2, 0.25) is 0 Å². The number of nitrogens with zero attached hydrogens (tertiary/aromatic N) is 3. The van der Waals surface area contributed by atoms with Crippen LogP contribution >= 0.6 is 0 Å². The minimum absolute atomic E-state index is 0.0259. The molecule has 0 saturated carbocycles. The highest BCUT2D eigenvalue weighted by molar-refractivity contribution is 5.97. The van der Waals surface area contributed by atoms with Crippen molar-refractivity contribution in [1.29, 1.82) is 0 Å². The summed E-state index contributed by atoms with van der Waals surface area (Å²) in [6, 6.07) is 6.92. The number of aldehydes is 1. The maximum atomic E-state index is 12.8. The highest BCUT2D eigenvalue weighted by Crippen LogP contribution is 2.22. The van der Waals surface area contributed by atoms with E-state index in [1.807, 2.05) is 7.05 Å². The molecule has 3 N–H and O–H groups in total. The molecule has 0 saturated heterocycles. The van der Waals surface area contributed by atoms with Gasteiger partial charge in [-0.15, -0.1) is 0 Å². The minimum Gasteiger partial charge on any atom is -0.461 e. The third-order valence-electron chi connectivity index (χ3n) is 5.17. The number of imidazole rings is 1. The fraction of sp³-hybridized carbons (Fsp3) is 0.435. The van der Waals surface area contributed by atoms with Gasteiger partial charge in [0.15, 0.2) is 11.5 Å². The number of H-pyrrole nitrogens is 1. The second kappa shape index (κ2) is 12.6. The molecule has 3 rings (SSSR count). The Hall–Kier alpha value is -3.57. The summed E-state index contributed by atoms with van der Waals surface area (Å²) in [6.45, 7) is 1.66. The Bertz CT molecular complexity index is 1160. The summed E-state index contributed by atoms with van der Waals surface area (Å²) in [6.07, 6.45) is 3.75. The van der Waals surface area contributed by atoms with Crippen LogP contribution in [0.15, 0.2) is 29.1 Å². The SMILES string of the molecule is CNCCCCCC(=O)Nc1nc(OCCOC)nc2c1[nH]c(=O)n2Cc1ccc(C=O)cc1. The maximum absolute atomic E-state index is 12.8. The van der Waals surface area contributed by atoms with Gasteiger partial charge in [0, 0.05) is 19.1 Å². The topological polar surface area (TPSA) is 140 Å². The molecular formula is C23H30N6O5. The molecule has 0 aliphatic carbocycles. The average Bonchev–Trinajstić information content (AvgIpc) is 3.15. The molecule has 0 fully saturated rings. The predicted octanol–water partition coefficient (Wildman–Crippen LogP) is 1.72. The number of amides is 1. The number of nitrogens with one attached hydrogen (secondary N) is 3. The van der Waals surface area contributed by atoms with Crippen molar-refractivity contribution in [2.75, 3.05) is 39.2 Å². The smallest absolute Gasteiger partial charge is 0.328 e. The lowest BCUT2D eigenvalue weighted by Crippen LogP contribution is -2.18. The zero-order chi connectivity index (χ0) is 24.3. The molecule has 0 aliphatic heterocycles. The van der Waals surface area contributed by atoms with Crippen LogP contribution in [0.5, 0.6) is 6.01 Å². The molecule has 2 aromatic heterocycles. The number of methoxy groups -OCH3 is 1. The summed E-state index contributed by atoms with van der Waals surface area (Å²) in [7, 11) is 3.45. The number of hydrogen-bond acceptors (Lipinski definition) is 8. The molecular weight excluding hydrogens is 440 g/mol. The van der Waals surface area contributed by atoms with Crippen molar-refractivity contribution in [3.8, 4) is 6.01 Å². The maximum Gasteiger partial charge on any atom is 0.328 e. The van der Waals surface area contributed by atoms with Crippen LogP contribution in [0.1, 0.15) is 41.6 Å². The molecule has 1 aromatic carbocycles. The number of fused-ring (bicyclic) bond motifs is 1. The van der Waals surface area contributed by atoms with Crippen LogP contribution in [0, 0.1) is 0 Å². The molecule has 0 spiro atoms. The quantitative estimate of drug-likeness (QED) is 0.239. The van der Waals surface area contributed by atoms with Gasteiger partial charge >= 0.3 is 11.7 Å². The fourth-order valence-electron chi connectivity index (χ4n) is 3.37. The van der Waals surface area contributed by atoms with Crippen molar-refractivity contribution in [3.63, 3.8) is 0 Å². The molecule has 11 nitrogen and oxygen atoms in total. The van der Waals surface area contributed by atoms with Gasteiger partial charge in [-0.05, 0) is 32.0 Å². The molecule has 0 unspecified atom stereocenters. The number of benzene rings is 1. The Morgan fingerprint density at radius 1 is 1.15 bits per heavy atom. The lowest BCUT2D eigenvalue weighted by atomic mass is 10.1. The van der Waals surface area contributed by atoms with E-state index in [4.69, 9.17) is 9.47 Å². The largest absolute Gasteiger partial charge is 0.461 e. The van der Waals surface area contributed by atoms with Gasteiger partial charge in [0.2, 0.25) is 5.91 Å². The van der Waals surface area contributed by atoms with E-state index in [9.17, 15) is 14.4 Å². The Morgan fingerprint density at radius 3 is 2.65 bits per heavy atom. The van der Waals surface area contributed by atoms with Crippen molar-refractivity contribution in [1.82, 2.24) is 24.8 Å². The molecule has 11 heteroatoms. The van der Waals surface area contributed by atoms with Gasteiger partial charge in [-0.1, -0.05) is 30.7 Å². The van der Waals surface area contributed by atoms with E-state index in [2.05, 4.69) is 25.6 Å². The van der Waals surface area contributed by atoms with E-state index < -0.39 is 5.69 Å². The Labute approximate surface area is 196 Å². The molecule has 182 valence electrons. The van der Waals surface area contributed by atoms with E-state index in [1.165, 1.54) is 4.57 Å². The van der Waals surface area contributed by atoms with Crippen molar-refractivity contribution < 1.29 is 19.1 Å². The number of carbonyl (C=O) groups is 2. The predicted molar refractivity (Wildman–Crippen MR) is 127 cm³/mol. The second-order valence-corrected chi connectivity index (χ2v) is 7.73. The molecule has 0 bridgehead atoms. The molecule has 3 aromatic rings. The normalized spacial score (nSPS) is 11.0. The fourth-order valence-corrected chi connectivity index (χ4v) is 3.37. The highest BCUT2D eigenvalue weighted by Gasteiger charge is 2.18. The summed E-state index contributed by atoms with van der Waals surface area (Å²) < 4.78 is 12.0. The van der Waals surface area contributed by atoms with Crippen LogP contribution in [0.3, 0.4) is 0 Å². The minimum atomic E-state index is -0.402. The number of unbranched alkanes of at least 4 members (excludes halogenated alkanes) is 2. The van der Waals surface area contributed by atoms with Gasteiger partial charge in [-0.3, -0.25) is 14.2 Å². The first-order valence-electron chi connectivity index (χ1n) is 11.2. The van der Waals surface area contributed by atoms with Gasteiger partial charge in [0.05, 0.1) is 13.2 Å². The standard InChI is InChI=1S/C23H30N6O5/c1-24-11-5-3-4-6-18(31)25-20-19-21(28-22(27-20)34-13-12-33-2)29(23(32)26-19)14-16-7-9-17(15-30)10-8-16/h7-10,15,24H,3-6,11-14H2,1-2H3,(H,26,32)(H,25,27,28,31). The Balaban J connectivity index is 1.87. The van der Waals surface area contributed by atoms with Crippen LogP contribution in [-0.4, -0.2) is 65.6 Å². The lowest BCUT2D eigenvalue weighted by Gasteiger charge is -2.10. The summed E-state index contributed by atoms with van der Waals surface area (Å²) in [5, 5.41) is 5.87. The summed E-state index contributed by atoms with van der Waals surface area (Å²) in [4.78, 5) is 47.6. The zero-order valence-corrected chi connectivity index (χ0v) is 19.4. The zero-order valence-electron chi connectivity index (χ0n) is 19.4. The van der Waals surface area contributed by atoms with Crippen molar-refractivity contribution >= 4 is 29.2 Å². The summed E-state index contributed by atoms with van der Waals surface area (Å²) in [5.41, 5.74) is 1.57. The van der Waals surface area contributed by atoms with Gasteiger partial charge in [0.25, 0.3) is 0 Å². The number of aromatic nitrogens is 4. The van der Waals surface area contributed by atoms with Gasteiger partial charge in [0.1, 0.15) is 18.4 Å². The van der Waals surface area contributed by atoms with Crippen LogP contribution < -0.4 is 21.1 Å². The van der Waals surface area contributed by atoms with Gasteiger partial charge in [-0.2, -0.15) is 9.97 Å². The average molecular weight is 471 g/mol. The number of hydrogen-bond donors (Lipinski definition) is 3. The monoisotopic (exact) mass is 470 g/mol. The van der Waals surface area contributed by atoms with E-state index >= 15 is 0 Å².